The van der Waals surface area contributed by atoms with Gasteiger partial charge in [0.15, 0.2) is 0 Å². The second-order valence-electron chi connectivity index (χ2n) is 5.68. The van der Waals surface area contributed by atoms with Crippen LogP contribution in [0.4, 0.5) is 0 Å². The van der Waals surface area contributed by atoms with Gasteiger partial charge >= 0.3 is 0 Å². The van der Waals surface area contributed by atoms with Crippen LogP contribution in [0.5, 0.6) is 0 Å². The molecule has 1 nitrogen and oxygen atoms in total. The lowest BCUT2D eigenvalue weighted by atomic mass is 9.83. The molecule has 2 aliphatic carbocycles. The Morgan fingerprint density at radius 1 is 1.28 bits per heavy atom. The number of pyridine rings is 1. The highest BCUT2D eigenvalue weighted by Crippen LogP contribution is 2.52. The van der Waals surface area contributed by atoms with Gasteiger partial charge in [0.25, 0.3) is 0 Å². The molecule has 0 aromatic carbocycles. The summed E-state index contributed by atoms with van der Waals surface area (Å²) in [6, 6.07) is 4.36. The van der Waals surface area contributed by atoms with E-state index in [4.69, 9.17) is 0 Å². The fourth-order valence-corrected chi connectivity index (χ4v) is 3.76. The molecule has 0 radical (unpaired) electrons. The Morgan fingerprint density at radius 3 is 2.72 bits per heavy atom. The van der Waals surface area contributed by atoms with Gasteiger partial charge in [-0.3, -0.25) is 4.98 Å². The smallest absolute Gasteiger partial charge is 0.0709 e. The van der Waals surface area contributed by atoms with Gasteiger partial charge in [-0.15, -0.1) is 12.6 Å². The SMILES string of the molecule is C=C(S)C(=C)c1cc(C2CC3CCC2C3)ccn1. The molecule has 3 rings (SSSR count). The minimum Gasteiger partial charge on any atom is -0.256 e. The van der Waals surface area contributed by atoms with Crippen LogP contribution < -0.4 is 0 Å². The molecule has 2 saturated carbocycles. The molecule has 0 aliphatic heterocycles. The van der Waals surface area contributed by atoms with Crippen molar-refractivity contribution in [1.29, 1.82) is 0 Å². The summed E-state index contributed by atoms with van der Waals surface area (Å²) in [5.74, 6) is 2.61. The Bertz CT molecular complexity index is 506. The molecule has 2 aliphatic rings. The molecule has 3 unspecified atom stereocenters. The van der Waals surface area contributed by atoms with Crippen molar-refractivity contribution in [2.75, 3.05) is 0 Å². The summed E-state index contributed by atoms with van der Waals surface area (Å²) in [5.41, 5.74) is 3.20. The van der Waals surface area contributed by atoms with Gasteiger partial charge in [0.1, 0.15) is 0 Å². The van der Waals surface area contributed by atoms with Crippen molar-refractivity contribution in [3.63, 3.8) is 0 Å². The fourth-order valence-electron chi connectivity index (χ4n) is 3.64. The van der Waals surface area contributed by atoms with Gasteiger partial charge in [-0.1, -0.05) is 19.6 Å². The summed E-state index contributed by atoms with van der Waals surface area (Å²) >= 11 is 4.26. The molecule has 3 atom stereocenters. The second kappa shape index (κ2) is 4.58. The molecule has 1 aromatic rings. The van der Waals surface area contributed by atoms with Crippen LogP contribution in [0.15, 0.2) is 36.4 Å². The molecule has 0 spiro atoms. The Balaban J connectivity index is 1.87. The summed E-state index contributed by atoms with van der Waals surface area (Å²) in [5, 5.41) is 0. The van der Waals surface area contributed by atoms with Crippen molar-refractivity contribution >= 4 is 18.2 Å². The average molecular weight is 257 g/mol. The van der Waals surface area contributed by atoms with Gasteiger partial charge in [0, 0.05) is 16.7 Å². The van der Waals surface area contributed by atoms with Crippen molar-refractivity contribution in [3.8, 4) is 0 Å². The van der Waals surface area contributed by atoms with Crippen LogP contribution in [0.25, 0.3) is 5.57 Å². The summed E-state index contributed by atoms with van der Waals surface area (Å²) in [4.78, 5) is 5.09. The highest BCUT2D eigenvalue weighted by molar-refractivity contribution is 7.85. The van der Waals surface area contributed by atoms with E-state index in [-0.39, 0.29) is 0 Å². The maximum Gasteiger partial charge on any atom is 0.0709 e. The number of hydrogen-bond donors (Lipinski definition) is 1. The average Bonchev–Trinajstić information content (AvgIpc) is 3.00. The predicted octanol–water partition coefficient (Wildman–Crippen LogP) is 4.44. The Hall–Kier alpha value is -1.02. The highest BCUT2D eigenvalue weighted by atomic mass is 32.1. The van der Waals surface area contributed by atoms with E-state index in [1.807, 2.05) is 6.20 Å². The quantitative estimate of drug-likeness (QED) is 0.624. The van der Waals surface area contributed by atoms with Gasteiger partial charge in [-0.05, 0) is 54.7 Å². The topological polar surface area (TPSA) is 12.9 Å². The lowest BCUT2D eigenvalue weighted by Gasteiger charge is -2.22. The number of nitrogens with zero attached hydrogens (tertiary/aromatic N) is 1. The van der Waals surface area contributed by atoms with E-state index in [1.54, 1.807) is 0 Å². The number of rotatable bonds is 3. The van der Waals surface area contributed by atoms with E-state index in [0.29, 0.717) is 4.91 Å². The minimum absolute atomic E-state index is 0.701. The first-order valence-corrected chi connectivity index (χ1v) is 7.13. The van der Waals surface area contributed by atoms with Gasteiger partial charge < -0.3 is 0 Å². The Morgan fingerprint density at radius 2 is 2.11 bits per heavy atom. The maximum absolute atomic E-state index is 4.38. The molecule has 2 fully saturated rings. The normalized spacial score (nSPS) is 29.5. The first-order chi connectivity index (χ1) is 8.65. The molecule has 2 heteroatoms. The molecule has 1 aromatic heterocycles. The molecule has 0 N–H and O–H groups in total. The van der Waals surface area contributed by atoms with Gasteiger partial charge in [-0.25, -0.2) is 0 Å². The fraction of sp³-hybridized carbons (Fsp3) is 0.438. The van der Waals surface area contributed by atoms with Crippen molar-refractivity contribution in [2.45, 2.75) is 31.6 Å². The Labute approximate surface area is 114 Å². The molecule has 18 heavy (non-hydrogen) atoms. The standard InChI is InChI=1S/C16H19NS/c1-10(11(2)18)16-9-14(5-6-17-16)15-8-12-3-4-13(15)7-12/h5-6,9,12-13,15,18H,1-4,7-8H2. The van der Waals surface area contributed by atoms with Crippen LogP contribution >= 0.6 is 12.6 Å². The maximum atomic E-state index is 4.38. The summed E-state index contributed by atoms with van der Waals surface area (Å²) < 4.78 is 0. The number of allylic oxidation sites excluding steroid dienone is 1. The van der Waals surface area contributed by atoms with E-state index < -0.39 is 0 Å². The molecular weight excluding hydrogens is 238 g/mol. The van der Waals surface area contributed by atoms with E-state index >= 15 is 0 Å². The monoisotopic (exact) mass is 257 g/mol. The summed E-state index contributed by atoms with van der Waals surface area (Å²) in [6.07, 6.45) is 7.55. The first kappa shape index (κ1) is 12.0. The zero-order chi connectivity index (χ0) is 12.7. The summed E-state index contributed by atoms with van der Waals surface area (Å²) in [6.45, 7) is 7.82. The highest BCUT2D eigenvalue weighted by Gasteiger charge is 2.40. The first-order valence-electron chi connectivity index (χ1n) is 6.68. The molecule has 1 heterocycles. The van der Waals surface area contributed by atoms with Gasteiger partial charge in [-0.2, -0.15) is 0 Å². The predicted molar refractivity (Wildman–Crippen MR) is 79.6 cm³/mol. The third-order valence-corrected chi connectivity index (χ3v) is 4.88. The minimum atomic E-state index is 0.701. The third kappa shape index (κ3) is 2.03. The van der Waals surface area contributed by atoms with E-state index in [1.165, 1.54) is 31.2 Å². The van der Waals surface area contributed by atoms with Gasteiger partial charge in [0.2, 0.25) is 0 Å². The van der Waals surface area contributed by atoms with Crippen molar-refractivity contribution in [2.24, 2.45) is 11.8 Å². The van der Waals surface area contributed by atoms with Crippen LogP contribution in [0.1, 0.15) is 42.9 Å². The van der Waals surface area contributed by atoms with Crippen molar-refractivity contribution in [3.05, 3.63) is 47.6 Å². The van der Waals surface area contributed by atoms with E-state index in [9.17, 15) is 0 Å². The molecular formula is C16H19NS. The zero-order valence-electron chi connectivity index (χ0n) is 10.6. The second-order valence-corrected chi connectivity index (χ2v) is 6.22. The number of fused-ring (bicyclic) bond motifs is 2. The molecule has 94 valence electrons. The van der Waals surface area contributed by atoms with Gasteiger partial charge in [0.05, 0.1) is 5.69 Å². The molecule has 2 bridgehead atoms. The summed E-state index contributed by atoms with van der Waals surface area (Å²) in [7, 11) is 0. The van der Waals surface area contributed by atoms with Crippen LogP contribution in [-0.2, 0) is 0 Å². The van der Waals surface area contributed by atoms with E-state index in [2.05, 4.69) is 42.9 Å². The molecule has 0 saturated heterocycles. The number of thiol groups is 1. The largest absolute Gasteiger partial charge is 0.256 e. The van der Waals surface area contributed by atoms with Crippen molar-refractivity contribution in [1.82, 2.24) is 4.98 Å². The third-order valence-electron chi connectivity index (χ3n) is 4.61. The number of hydrogen-bond acceptors (Lipinski definition) is 2. The molecule has 0 amide bonds. The Kier molecular flexibility index (Phi) is 3.06. The van der Waals surface area contributed by atoms with Crippen LogP contribution in [0.3, 0.4) is 0 Å². The zero-order valence-corrected chi connectivity index (χ0v) is 11.5. The lowest BCUT2D eigenvalue weighted by Crippen LogP contribution is -2.09. The lowest BCUT2D eigenvalue weighted by molar-refractivity contribution is 0.419. The van der Waals surface area contributed by atoms with Crippen LogP contribution in [0.2, 0.25) is 0 Å². The van der Waals surface area contributed by atoms with Crippen LogP contribution in [-0.4, -0.2) is 4.98 Å². The number of aromatic nitrogens is 1. The van der Waals surface area contributed by atoms with Crippen molar-refractivity contribution < 1.29 is 0 Å². The van der Waals surface area contributed by atoms with Crippen LogP contribution in [0, 0.1) is 11.8 Å². The van der Waals surface area contributed by atoms with E-state index in [0.717, 1.165) is 29.0 Å².